The number of Topliss-reactive ketones (excluding diaryl/α,β-unsaturated/α-hetero) is 1. The average Bonchev–Trinajstić information content (AvgIpc) is 2.59. The van der Waals surface area contributed by atoms with Crippen molar-refractivity contribution in [1.82, 2.24) is 0 Å². The molecule has 2 nitrogen and oxygen atoms in total. The normalized spacial score (nSPS) is 30.1. The molecule has 1 aromatic carbocycles. The maximum absolute atomic E-state index is 12.7. The summed E-state index contributed by atoms with van der Waals surface area (Å²) in [5, 5.41) is 0. The average molecular weight is 270 g/mol. The molecule has 0 aliphatic heterocycles. The molecule has 2 atom stereocenters. The molecule has 0 N–H and O–H groups in total. The van der Waals surface area contributed by atoms with Crippen molar-refractivity contribution in [2.45, 2.75) is 43.6 Å². The lowest BCUT2D eigenvalue weighted by atomic mass is 9.75. The molecular weight excluding hydrogens is 257 g/mol. The maximum Gasteiger partial charge on any atom is 0.523 e. The minimum absolute atomic E-state index is 0.144. The Bertz CT molecular complexity index is 524. The van der Waals surface area contributed by atoms with E-state index in [0.29, 0.717) is 24.0 Å². The zero-order chi connectivity index (χ0) is 13.7. The Kier molecular flexibility index (Phi) is 2.71. The van der Waals surface area contributed by atoms with Crippen LogP contribution < -0.4 is 0 Å². The summed E-state index contributed by atoms with van der Waals surface area (Å²) in [5.41, 5.74) is -0.629. The molecule has 5 heteroatoms. The van der Waals surface area contributed by atoms with E-state index in [-0.39, 0.29) is 6.42 Å². The molecule has 19 heavy (non-hydrogen) atoms. The molecule has 0 radical (unpaired) electrons. The Labute approximate surface area is 108 Å². The lowest BCUT2D eigenvalue weighted by Gasteiger charge is -2.38. The van der Waals surface area contributed by atoms with Crippen molar-refractivity contribution in [2.24, 2.45) is 0 Å². The predicted molar refractivity (Wildman–Crippen MR) is 61.9 cm³/mol. The number of ether oxygens (including phenoxy) is 1. The Morgan fingerprint density at radius 1 is 1.21 bits per heavy atom. The summed E-state index contributed by atoms with van der Waals surface area (Å²) < 4.78 is 42.4. The number of hydrogen-bond donors (Lipinski definition) is 0. The van der Waals surface area contributed by atoms with Gasteiger partial charge < -0.3 is 0 Å². The lowest BCUT2D eigenvalue weighted by molar-refractivity contribution is -0.361. The second kappa shape index (κ2) is 4.07. The van der Waals surface area contributed by atoms with Crippen molar-refractivity contribution in [3.05, 3.63) is 35.4 Å². The fraction of sp³-hybridized carbons (Fsp3) is 0.500. The van der Waals surface area contributed by atoms with E-state index in [4.69, 9.17) is 0 Å². The van der Waals surface area contributed by atoms with Gasteiger partial charge >= 0.3 is 6.36 Å². The zero-order valence-electron chi connectivity index (χ0n) is 10.2. The fourth-order valence-electron chi connectivity index (χ4n) is 3.43. The zero-order valence-corrected chi connectivity index (χ0v) is 10.2. The summed E-state index contributed by atoms with van der Waals surface area (Å²) in [6.45, 7) is 0. The van der Waals surface area contributed by atoms with E-state index in [1.54, 1.807) is 24.3 Å². The second-order valence-electron chi connectivity index (χ2n) is 5.15. The van der Waals surface area contributed by atoms with E-state index in [9.17, 15) is 18.0 Å². The van der Waals surface area contributed by atoms with Crippen molar-refractivity contribution < 1.29 is 22.7 Å². The maximum atomic E-state index is 12.7. The first kappa shape index (κ1) is 12.7. The van der Waals surface area contributed by atoms with Crippen LogP contribution in [0.5, 0.6) is 0 Å². The van der Waals surface area contributed by atoms with Gasteiger partial charge in [-0.15, -0.1) is 13.2 Å². The van der Waals surface area contributed by atoms with Gasteiger partial charge in [-0.1, -0.05) is 37.1 Å². The minimum Gasteiger partial charge on any atom is -0.291 e. The van der Waals surface area contributed by atoms with Crippen LogP contribution in [-0.4, -0.2) is 17.7 Å². The number of alkyl halides is 3. The highest BCUT2D eigenvalue weighted by Crippen LogP contribution is 2.53. The number of fused-ring (bicyclic) bond motifs is 3. The van der Waals surface area contributed by atoms with Gasteiger partial charge in [0.25, 0.3) is 0 Å². The topological polar surface area (TPSA) is 26.3 Å². The monoisotopic (exact) mass is 270 g/mol. The van der Waals surface area contributed by atoms with Crippen molar-refractivity contribution in [3.63, 3.8) is 0 Å². The molecule has 0 saturated heterocycles. The highest BCUT2D eigenvalue weighted by Gasteiger charge is 2.59. The predicted octanol–water partition coefficient (Wildman–Crippen LogP) is 3.82. The number of rotatable bonds is 1. The molecule has 0 amide bonds. The largest absolute Gasteiger partial charge is 0.523 e. The van der Waals surface area contributed by atoms with Gasteiger partial charge in [0.2, 0.25) is 0 Å². The molecular formula is C14H13F3O2. The summed E-state index contributed by atoms with van der Waals surface area (Å²) in [6.07, 6.45) is -2.65. The highest BCUT2D eigenvalue weighted by molar-refractivity contribution is 6.08. The Hall–Kier alpha value is -1.36. The quantitative estimate of drug-likeness (QED) is 0.775. The summed E-state index contributed by atoms with van der Waals surface area (Å²) in [6, 6.07) is 6.77. The smallest absolute Gasteiger partial charge is 0.291 e. The van der Waals surface area contributed by atoms with Crippen LogP contribution in [0, 0.1) is 0 Å². The molecule has 0 heterocycles. The molecule has 1 aromatic rings. The summed E-state index contributed by atoms with van der Waals surface area (Å²) in [5.74, 6) is -0.975. The van der Waals surface area contributed by atoms with Gasteiger partial charge in [-0.3, -0.25) is 9.53 Å². The molecule has 2 aliphatic carbocycles. The Morgan fingerprint density at radius 2 is 1.95 bits per heavy atom. The highest BCUT2D eigenvalue weighted by atomic mass is 19.4. The second-order valence-corrected chi connectivity index (χ2v) is 5.15. The van der Waals surface area contributed by atoms with Crippen LogP contribution in [-0.2, 0) is 4.74 Å². The van der Waals surface area contributed by atoms with Gasteiger partial charge in [0.15, 0.2) is 5.78 Å². The van der Waals surface area contributed by atoms with Crippen LogP contribution in [0.25, 0.3) is 0 Å². The van der Waals surface area contributed by atoms with Crippen molar-refractivity contribution in [2.75, 3.05) is 0 Å². The molecule has 0 aromatic heterocycles. The third kappa shape index (κ3) is 1.87. The lowest BCUT2D eigenvalue weighted by Crippen LogP contribution is -2.48. The van der Waals surface area contributed by atoms with Crippen molar-refractivity contribution in [3.8, 4) is 0 Å². The third-order valence-corrected chi connectivity index (χ3v) is 4.12. The number of halogens is 3. The molecule has 2 aliphatic rings. The molecule has 0 spiro atoms. The van der Waals surface area contributed by atoms with Gasteiger partial charge in [0, 0.05) is 11.5 Å². The van der Waals surface area contributed by atoms with Crippen LogP contribution in [0.2, 0.25) is 0 Å². The number of ketones is 1. The van der Waals surface area contributed by atoms with Gasteiger partial charge in [-0.05, 0) is 18.4 Å². The van der Waals surface area contributed by atoms with Gasteiger partial charge in [0.05, 0.1) is 0 Å². The molecule has 2 unspecified atom stereocenters. The molecule has 0 bridgehead atoms. The first-order valence-electron chi connectivity index (χ1n) is 6.35. The first-order valence-corrected chi connectivity index (χ1v) is 6.35. The molecule has 102 valence electrons. The van der Waals surface area contributed by atoms with E-state index in [1.807, 2.05) is 0 Å². The summed E-state index contributed by atoms with van der Waals surface area (Å²) in [4.78, 5) is 12.4. The minimum atomic E-state index is -4.78. The summed E-state index contributed by atoms with van der Waals surface area (Å²) >= 11 is 0. The Morgan fingerprint density at radius 3 is 2.68 bits per heavy atom. The summed E-state index contributed by atoms with van der Waals surface area (Å²) in [7, 11) is 0. The van der Waals surface area contributed by atoms with Crippen LogP contribution >= 0.6 is 0 Å². The van der Waals surface area contributed by atoms with E-state index >= 15 is 0 Å². The van der Waals surface area contributed by atoms with Gasteiger partial charge in [0.1, 0.15) is 5.60 Å². The molecule has 1 saturated carbocycles. The fourth-order valence-corrected chi connectivity index (χ4v) is 3.43. The van der Waals surface area contributed by atoms with Crippen molar-refractivity contribution >= 4 is 5.78 Å². The number of carbonyl (C=O) groups is 1. The van der Waals surface area contributed by atoms with Gasteiger partial charge in [-0.2, -0.15) is 0 Å². The van der Waals surface area contributed by atoms with Gasteiger partial charge in [-0.25, -0.2) is 0 Å². The molecule has 3 rings (SSSR count). The van der Waals surface area contributed by atoms with Crippen LogP contribution in [0.4, 0.5) is 13.2 Å². The van der Waals surface area contributed by atoms with E-state index in [1.165, 1.54) is 0 Å². The van der Waals surface area contributed by atoms with Crippen molar-refractivity contribution in [1.29, 1.82) is 0 Å². The molecule has 1 fully saturated rings. The van der Waals surface area contributed by atoms with Crippen LogP contribution in [0.15, 0.2) is 24.3 Å². The van der Waals surface area contributed by atoms with Crippen LogP contribution in [0.1, 0.15) is 47.5 Å². The standard InChI is InChI=1S/C14H13F3O2/c15-14(16,17)19-13-8-4-3-7-11(13)9-5-1-2-6-10(9)12(13)18/h1-2,5-6,11H,3-4,7-8H2. The number of benzene rings is 1. The first-order chi connectivity index (χ1) is 8.94. The van der Waals surface area contributed by atoms with E-state index in [0.717, 1.165) is 6.42 Å². The number of carbonyl (C=O) groups excluding carboxylic acids is 1. The van der Waals surface area contributed by atoms with E-state index < -0.39 is 23.7 Å². The SMILES string of the molecule is O=C1c2ccccc2C2CCCCC12OC(F)(F)F. The third-order valence-electron chi connectivity index (χ3n) is 4.12. The number of hydrogen-bond acceptors (Lipinski definition) is 2. The Balaban J connectivity index is 2.09. The van der Waals surface area contributed by atoms with E-state index in [2.05, 4.69) is 4.74 Å². The van der Waals surface area contributed by atoms with Crippen LogP contribution in [0.3, 0.4) is 0 Å².